The smallest absolute Gasteiger partial charge is 0.435 e. The van der Waals surface area contributed by atoms with Crippen LogP contribution in [0.4, 0.5) is 4.79 Å². The minimum Gasteiger partial charge on any atom is -0.435 e. The van der Waals surface area contributed by atoms with Crippen LogP contribution in [0.3, 0.4) is 0 Å². The van der Waals surface area contributed by atoms with Crippen molar-refractivity contribution in [3.8, 4) is 0 Å². The van der Waals surface area contributed by atoms with Crippen LogP contribution in [0.15, 0.2) is 4.99 Å². The van der Waals surface area contributed by atoms with Crippen LogP contribution >= 0.6 is 11.8 Å². The van der Waals surface area contributed by atoms with E-state index in [0.29, 0.717) is 0 Å². The number of hydrogen-bond donors (Lipinski definition) is 0. The van der Waals surface area contributed by atoms with Gasteiger partial charge in [-0.25, -0.2) is 9.59 Å². The molecule has 29 heavy (non-hydrogen) atoms. The van der Waals surface area contributed by atoms with Gasteiger partial charge in [0, 0.05) is 17.8 Å². The summed E-state index contributed by atoms with van der Waals surface area (Å²) < 4.78 is 13.8. The minimum atomic E-state index is -0.902. The van der Waals surface area contributed by atoms with E-state index in [-0.39, 0.29) is 17.9 Å². The summed E-state index contributed by atoms with van der Waals surface area (Å²) in [5.41, 5.74) is 0. The molecule has 3 aliphatic heterocycles. The van der Waals surface area contributed by atoms with E-state index in [1.807, 2.05) is 13.8 Å². The van der Waals surface area contributed by atoms with Crippen LogP contribution in [0.1, 0.15) is 46.5 Å². The fourth-order valence-electron chi connectivity index (χ4n) is 3.86. The van der Waals surface area contributed by atoms with Crippen molar-refractivity contribution in [3.05, 3.63) is 0 Å². The number of nitrogens with zero attached hydrogens (tertiary/aromatic N) is 3. The van der Waals surface area contributed by atoms with Gasteiger partial charge >= 0.3 is 12.1 Å². The molecule has 3 heterocycles. The Labute approximate surface area is 175 Å². The highest BCUT2D eigenvalue weighted by molar-refractivity contribution is 8.01. The van der Waals surface area contributed by atoms with Gasteiger partial charge in [-0.2, -0.15) is 0 Å². The van der Waals surface area contributed by atoms with Crippen molar-refractivity contribution in [3.63, 3.8) is 0 Å². The molecule has 0 aromatic heterocycles. The SMILES string of the molecule is CCOC(=O)OCOC(=O)[C@@H]1N2C(=O)C(/N=C/N3CCCCCC3)[C@H]2SC1(C)C. The van der Waals surface area contributed by atoms with Crippen molar-refractivity contribution >= 4 is 36.1 Å². The number of hydrogen-bond acceptors (Lipinski definition) is 8. The van der Waals surface area contributed by atoms with Gasteiger partial charge in [-0.3, -0.25) is 9.79 Å². The lowest BCUT2D eigenvalue weighted by atomic mass is 9.96. The fourth-order valence-corrected chi connectivity index (χ4v) is 5.48. The molecular weight excluding hydrogens is 398 g/mol. The van der Waals surface area contributed by atoms with Crippen LogP contribution in [-0.2, 0) is 23.8 Å². The molecule has 162 valence electrons. The maximum atomic E-state index is 12.7. The van der Waals surface area contributed by atoms with Crippen molar-refractivity contribution in [1.29, 1.82) is 0 Å². The number of fused-ring (bicyclic) bond motifs is 1. The molecule has 3 saturated heterocycles. The molecule has 0 aliphatic carbocycles. The van der Waals surface area contributed by atoms with Crippen molar-refractivity contribution < 1.29 is 28.6 Å². The normalized spacial score (nSPS) is 28.5. The summed E-state index contributed by atoms with van der Waals surface area (Å²) in [5.74, 6) is -0.773. The van der Waals surface area contributed by atoms with E-state index in [1.165, 1.54) is 12.8 Å². The second-order valence-corrected chi connectivity index (χ2v) is 9.60. The molecule has 0 aromatic carbocycles. The minimum absolute atomic E-state index is 0.169. The van der Waals surface area contributed by atoms with E-state index in [0.717, 1.165) is 25.9 Å². The molecule has 0 saturated carbocycles. The molecule has 1 unspecified atom stereocenters. The first-order chi connectivity index (χ1) is 13.8. The molecule has 0 N–H and O–H groups in total. The average Bonchev–Trinajstić information content (AvgIpc) is 2.81. The summed E-state index contributed by atoms with van der Waals surface area (Å²) in [6.07, 6.45) is 5.65. The number of aliphatic imine (C=N–C) groups is 1. The van der Waals surface area contributed by atoms with E-state index < -0.39 is 35.7 Å². The molecule has 3 rings (SSSR count). The first-order valence-corrected chi connectivity index (χ1v) is 11.0. The average molecular weight is 428 g/mol. The van der Waals surface area contributed by atoms with E-state index in [2.05, 4.69) is 19.4 Å². The fraction of sp³-hybridized carbons (Fsp3) is 0.789. The topological polar surface area (TPSA) is 97.7 Å². The Bertz CT molecular complexity index is 662. The van der Waals surface area contributed by atoms with E-state index in [9.17, 15) is 14.4 Å². The van der Waals surface area contributed by atoms with Crippen LogP contribution < -0.4 is 0 Å². The predicted molar refractivity (Wildman–Crippen MR) is 107 cm³/mol. The number of carbonyl (C=O) groups excluding carboxylic acids is 3. The zero-order valence-corrected chi connectivity index (χ0v) is 18.0. The quantitative estimate of drug-likeness (QED) is 0.209. The molecule has 3 fully saturated rings. The maximum Gasteiger partial charge on any atom is 0.511 e. The molecule has 1 amide bonds. The molecule has 0 bridgehead atoms. The highest BCUT2D eigenvalue weighted by Gasteiger charge is 2.64. The van der Waals surface area contributed by atoms with Crippen molar-refractivity contribution in [2.45, 2.75) is 68.7 Å². The Hall–Kier alpha value is -1.97. The lowest BCUT2D eigenvalue weighted by Crippen LogP contribution is -2.65. The van der Waals surface area contributed by atoms with E-state index in [1.54, 1.807) is 29.9 Å². The Morgan fingerprint density at radius 3 is 2.52 bits per heavy atom. The molecule has 9 nitrogen and oxygen atoms in total. The summed E-state index contributed by atoms with van der Waals surface area (Å²) in [7, 11) is 0. The standard InChI is InChI=1S/C19H29N3O6S/c1-4-26-18(25)28-12-27-17(24)14-19(2,3)29-16-13(15(23)22(14)16)20-11-21-9-7-5-6-8-10-21/h11,13-14,16H,4-10,12H2,1-3H3/b20-11+/t13?,14-,16+/m0/s1. The molecule has 0 spiro atoms. The Morgan fingerprint density at radius 1 is 1.17 bits per heavy atom. The van der Waals surface area contributed by atoms with Gasteiger partial charge in [-0.1, -0.05) is 12.8 Å². The first kappa shape index (κ1) is 21.7. The number of rotatable bonds is 6. The van der Waals surface area contributed by atoms with Gasteiger partial charge < -0.3 is 24.0 Å². The Balaban J connectivity index is 1.57. The number of carbonyl (C=O) groups is 3. The van der Waals surface area contributed by atoms with Crippen LogP contribution in [0.5, 0.6) is 0 Å². The molecule has 0 aromatic rings. The monoisotopic (exact) mass is 427 g/mol. The third kappa shape index (κ3) is 4.79. The van der Waals surface area contributed by atoms with Gasteiger partial charge in [0.2, 0.25) is 6.79 Å². The third-order valence-electron chi connectivity index (χ3n) is 5.31. The lowest BCUT2D eigenvalue weighted by Gasteiger charge is -2.41. The van der Waals surface area contributed by atoms with Gasteiger partial charge in [0.05, 0.1) is 12.9 Å². The molecule has 3 aliphatic rings. The number of ether oxygens (including phenoxy) is 3. The zero-order chi connectivity index (χ0) is 21.0. The third-order valence-corrected chi connectivity index (χ3v) is 6.86. The largest absolute Gasteiger partial charge is 0.511 e. The Morgan fingerprint density at radius 2 is 1.86 bits per heavy atom. The zero-order valence-electron chi connectivity index (χ0n) is 17.2. The number of esters is 1. The van der Waals surface area contributed by atoms with E-state index in [4.69, 9.17) is 4.74 Å². The summed E-state index contributed by atoms with van der Waals surface area (Å²) in [4.78, 5) is 44.7. The van der Waals surface area contributed by atoms with Crippen molar-refractivity contribution in [2.24, 2.45) is 4.99 Å². The highest BCUT2D eigenvalue weighted by Crippen LogP contribution is 2.51. The van der Waals surface area contributed by atoms with Crippen LogP contribution in [-0.4, -0.2) is 82.9 Å². The Kier molecular flexibility index (Phi) is 6.92. The van der Waals surface area contributed by atoms with Gasteiger partial charge in [-0.15, -0.1) is 11.8 Å². The molecular formula is C19H29N3O6S. The number of thioether (sulfide) groups is 1. The summed E-state index contributed by atoms with van der Waals surface area (Å²) in [6, 6.07) is -1.23. The summed E-state index contributed by atoms with van der Waals surface area (Å²) in [6.45, 7) is 7.00. The summed E-state index contributed by atoms with van der Waals surface area (Å²) in [5, 5.41) is -0.191. The number of β-lactam (4-membered cyclic amide) rings is 1. The van der Waals surface area contributed by atoms with Crippen molar-refractivity contribution in [2.75, 3.05) is 26.5 Å². The van der Waals surface area contributed by atoms with E-state index >= 15 is 0 Å². The van der Waals surface area contributed by atoms with Crippen molar-refractivity contribution in [1.82, 2.24) is 9.80 Å². The second-order valence-electron chi connectivity index (χ2n) is 7.83. The van der Waals surface area contributed by atoms with Gasteiger partial charge in [0.1, 0.15) is 11.4 Å². The number of likely N-dealkylation sites (tertiary alicyclic amines) is 1. The van der Waals surface area contributed by atoms with Gasteiger partial charge in [0.15, 0.2) is 6.04 Å². The highest BCUT2D eigenvalue weighted by atomic mass is 32.2. The molecule has 0 radical (unpaired) electrons. The second kappa shape index (κ2) is 9.23. The molecule has 10 heteroatoms. The maximum absolute atomic E-state index is 12.7. The molecule has 3 atom stereocenters. The summed E-state index contributed by atoms with van der Waals surface area (Å²) >= 11 is 1.54. The van der Waals surface area contributed by atoms with Crippen LogP contribution in [0, 0.1) is 0 Å². The van der Waals surface area contributed by atoms with Gasteiger partial charge in [-0.05, 0) is 33.6 Å². The van der Waals surface area contributed by atoms with Crippen LogP contribution in [0.2, 0.25) is 0 Å². The van der Waals surface area contributed by atoms with Crippen LogP contribution in [0.25, 0.3) is 0 Å². The first-order valence-electron chi connectivity index (χ1n) is 10.1. The van der Waals surface area contributed by atoms with Gasteiger partial charge in [0.25, 0.3) is 5.91 Å². The lowest BCUT2D eigenvalue weighted by molar-refractivity contribution is -0.169. The number of amides is 1. The predicted octanol–water partition coefficient (Wildman–Crippen LogP) is 2.00.